The number of benzene rings is 3. The molecule has 188 valence electrons. The third-order valence-corrected chi connectivity index (χ3v) is 7.41. The van der Waals surface area contributed by atoms with Crippen LogP contribution in [0.25, 0.3) is 0 Å². The van der Waals surface area contributed by atoms with Crippen molar-refractivity contribution in [3.05, 3.63) is 94.8 Å². The Morgan fingerprint density at radius 3 is 2.56 bits per heavy atom. The number of phenolic OH excluding ortho intramolecular Hbond substituents is 1. The monoisotopic (exact) mass is 488 g/mol. The first-order valence-corrected chi connectivity index (χ1v) is 12.6. The third kappa shape index (κ3) is 5.39. The lowest BCUT2D eigenvalue weighted by molar-refractivity contribution is 0.0710. The standard InChI is InChI=1S/C30H33FN2O3/c1-20-4-3-5-23(14-20)30(35)33(26-11-12-26)18-24-17-32(16-21-6-13-28(34)29(15-21)36-2)19-27(24)22-7-9-25(31)10-8-22/h3-10,13-15,24,26-27,34H,11-12,16-19H2,1-2H3. The average molecular weight is 489 g/mol. The summed E-state index contributed by atoms with van der Waals surface area (Å²) in [6, 6.07) is 20.4. The number of amides is 1. The van der Waals surface area contributed by atoms with Crippen molar-refractivity contribution >= 4 is 5.91 Å². The highest BCUT2D eigenvalue weighted by molar-refractivity contribution is 5.94. The minimum Gasteiger partial charge on any atom is -0.504 e. The van der Waals surface area contributed by atoms with Gasteiger partial charge in [0.15, 0.2) is 11.5 Å². The van der Waals surface area contributed by atoms with Gasteiger partial charge in [0.2, 0.25) is 0 Å². The van der Waals surface area contributed by atoms with Crippen LogP contribution in [0.3, 0.4) is 0 Å². The number of rotatable bonds is 8. The summed E-state index contributed by atoms with van der Waals surface area (Å²) in [5.74, 6) is 0.859. The third-order valence-electron chi connectivity index (χ3n) is 7.41. The Kier molecular flexibility index (Phi) is 6.97. The predicted molar refractivity (Wildman–Crippen MR) is 138 cm³/mol. The van der Waals surface area contributed by atoms with Gasteiger partial charge in [-0.05, 0) is 73.2 Å². The molecule has 3 aromatic rings. The van der Waals surface area contributed by atoms with Crippen molar-refractivity contribution < 1.29 is 19.0 Å². The first-order chi connectivity index (χ1) is 17.4. The summed E-state index contributed by atoms with van der Waals surface area (Å²) in [6.45, 7) is 5.04. The van der Waals surface area contributed by atoms with Gasteiger partial charge < -0.3 is 14.7 Å². The van der Waals surface area contributed by atoms with E-state index < -0.39 is 0 Å². The van der Waals surface area contributed by atoms with E-state index in [1.165, 1.54) is 12.1 Å². The van der Waals surface area contributed by atoms with E-state index in [-0.39, 0.29) is 29.3 Å². The molecule has 1 aliphatic carbocycles. The number of nitrogens with zero attached hydrogens (tertiary/aromatic N) is 2. The van der Waals surface area contributed by atoms with Crippen molar-refractivity contribution in [2.45, 2.75) is 38.3 Å². The van der Waals surface area contributed by atoms with Gasteiger partial charge in [-0.3, -0.25) is 9.69 Å². The smallest absolute Gasteiger partial charge is 0.254 e. The molecule has 5 rings (SSSR count). The summed E-state index contributed by atoms with van der Waals surface area (Å²) < 4.78 is 19.0. The molecular formula is C30H33FN2O3. The van der Waals surface area contributed by atoms with Crippen molar-refractivity contribution in [3.8, 4) is 11.5 Å². The normalized spacial score (nSPS) is 19.9. The summed E-state index contributed by atoms with van der Waals surface area (Å²) >= 11 is 0. The van der Waals surface area contributed by atoms with Gasteiger partial charge in [0.05, 0.1) is 7.11 Å². The fourth-order valence-electron chi connectivity index (χ4n) is 5.42. The molecule has 1 aliphatic heterocycles. The number of hydrogen-bond acceptors (Lipinski definition) is 4. The van der Waals surface area contributed by atoms with Crippen LogP contribution in [0, 0.1) is 18.7 Å². The van der Waals surface area contributed by atoms with Crippen LogP contribution in [0.2, 0.25) is 0 Å². The molecule has 2 aliphatic rings. The van der Waals surface area contributed by atoms with Crippen LogP contribution in [0.5, 0.6) is 11.5 Å². The molecule has 0 aromatic heterocycles. The maximum absolute atomic E-state index is 13.7. The topological polar surface area (TPSA) is 53.0 Å². The van der Waals surface area contributed by atoms with Crippen molar-refractivity contribution in [2.75, 3.05) is 26.7 Å². The Bertz CT molecular complexity index is 1230. The Morgan fingerprint density at radius 2 is 1.86 bits per heavy atom. The van der Waals surface area contributed by atoms with E-state index in [4.69, 9.17) is 4.74 Å². The maximum Gasteiger partial charge on any atom is 0.254 e. The molecule has 0 spiro atoms. The Balaban J connectivity index is 1.38. The summed E-state index contributed by atoms with van der Waals surface area (Å²) in [5, 5.41) is 9.96. The summed E-state index contributed by atoms with van der Waals surface area (Å²) in [6.07, 6.45) is 2.09. The fourth-order valence-corrected chi connectivity index (χ4v) is 5.42. The number of aryl methyl sites for hydroxylation is 1. The summed E-state index contributed by atoms with van der Waals surface area (Å²) in [7, 11) is 1.55. The van der Waals surface area contributed by atoms with Crippen LogP contribution in [0.15, 0.2) is 66.7 Å². The zero-order valence-corrected chi connectivity index (χ0v) is 20.9. The number of likely N-dealkylation sites (tertiary alicyclic amines) is 1. The molecule has 1 saturated carbocycles. The second kappa shape index (κ2) is 10.3. The van der Waals surface area contributed by atoms with Crippen molar-refractivity contribution in [2.24, 2.45) is 5.92 Å². The SMILES string of the molecule is COc1cc(CN2CC(CN(C(=O)c3cccc(C)c3)C3CC3)C(c3ccc(F)cc3)C2)ccc1O. The highest BCUT2D eigenvalue weighted by Crippen LogP contribution is 2.38. The highest BCUT2D eigenvalue weighted by Gasteiger charge is 2.40. The number of hydrogen-bond donors (Lipinski definition) is 1. The molecule has 2 unspecified atom stereocenters. The van der Waals surface area contributed by atoms with Gasteiger partial charge >= 0.3 is 0 Å². The van der Waals surface area contributed by atoms with E-state index in [1.54, 1.807) is 13.2 Å². The number of carbonyl (C=O) groups excluding carboxylic acids is 1. The van der Waals surface area contributed by atoms with Crippen LogP contribution in [0.4, 0.5) is 4.39 Å². The lowest BCUT2D eigenvalue weighted by Crippen LogP contribution is -2.39. The molecule has 1 amide bonds. The van der Waals surface area contributed by atoms with Crippen LogP contribution in [0.1, 0.15) is 45.8 Å². The number of halogens is 1. The van der Waals surface area contributed by atoms with Crippen LogP contribution in [-0.4, -0.2) is 53.6 Å². The van der Waals surface area contributed by atoms with E-state index in [0.717, 1.165) is 48.2 Å². The number of aromatic hydroxyl groups is 1. The predicted octanol–water partition coefficient (Wildman–Crippen LogP) is 5.37. The van der Waals surface area contributed by atoms with Gasteiger partial charge in [-0.25, -0.2) is 4.39 Å². The van der Waals surface area contributed by atoms with E-state index >= 15 is 0 Å². The second-order valence-electron chi connectivity index (χ2n) is 10.2. The quantitative estimate of drug-likeness (QED) is 0.463. The van der Waals surface area contributed by atoms with Crippen molar-refractivity contribution in [1.29, 1.82) is 0 Å². The molecule has 36 heavy (non-hydrogen) atoms. The first-order valence-electron chi connectivity index (χ1n) is 12.6. The number of carbonyl (C=O) groups is 1. The molecule has 1 saturated heterocycles. The Labute approximate surface area is 212 Å². The van der Waals surface area contributed by atoms with Crippen LogP contribution in [-0.2, 0) is 6.54 Å². The number of methoxy groups -OCH3 is 1. The zero-order chi connectivity index (χ0) is 25.2. The molecule has 2 atom stereocenters. The highest BCUT2D eigenvalue weighted by atomic mass is 19.1. The molecule has 3 aromatic carbocycles. The molecule has 1 heterocycles. The van der Waals surface area contributed by atoms with Gasteiger partial charge in [0, 0.05) is 43.7 Å². The van der Waals surface area contributed by atoms with E-state index in [2.05, 4.69) is 9.80 Å². The minimum absolute atomic E-state index is 0.0979. The van der Waals surface area contributed by atoms with Gasteiger partial charge in [0.1, 0.15) is 5.82 Å². The van der Waals surface area contributed by atoms with Crippen molar-refractivity contribution in [3.63, 3.8) is 0 Å². The summed E-state index contributed by atoms with van der Waals surface area (Å²) in [4.78, 5) is 18.0. The van der Waals surface area contributed by atoms with E-state index in [0.29, 0.717) is 24.9 Å². The van der Waals surface area contributed by atoms with Crippen molar-refractivity contribution in [1.82, 2.24) is 9.80 Å². The lowest BCUT2D eigenvalue weighted by Gasteiger charge is -2.29. The molecule has 6 heteroatoms. The summed E-state index contributed by atoms with van der Waals surface area (Å²) in [5.41, 5.74) is 3.98. The fraction of sp³-hybridized carbons (Fsp3) is 0.367. The molecular weight excluding hydrogens is 455 g/mol. The maximum atomic E-state index is 13.7. The van der Waals surface area contributed by atoms with Gasteiger partial charge in [-0.2, -0.15) is 0 Å². The second-order valence-corrected chi connectivity index (χ2v) is 10.2. The van der Waals surface area contributed by atoms with Gasteiger partial charge in [-0.15, -0.1) is 0 Å². The van der Waals surface area contributed by atoms with Crippen LogP contribution < -0.4 is 4.74 Å². The largest absolute Gasteiger partial charge is 0.504 e. The van der Waals surface area contributed by atoms with E-state index in [9.17, 15) is 14.3 Å². The zero-order valence-electron chi connectivity index (χ0n) is 20.9. The average Bonchev–Trinajstić information content (AvgIpc) is 3.64. The van der Waals surface area contributed by atoms with E-state index in [1.807, 2.05) is 55.5 Å². The number of phenols is 1. The molecule has 0 radical (unpaired) electrons. The molecule has 2 fully saturated rings. The van der Waals surface area contributed by atoms with Gasteiger partial charge in [0.25, 0.3) is 5.91 Å². The Morgan fingerprint density at radius 1 is 1.08 bits per heavy atom. The molecule has 0 bridgehead atoms. The number of ether oxygens (including phenoxy) is 1. The minimum atomic E-state index is -0.240. The molecule has 5 nitrogen and oxygen atoms in total. The Hall–Kier alpha value is -3.38. The molecule has 1 N–H and O–H groups in total. The van der Waals surface area contributed by atoms with Gasteiger partial charge in [-0.1, -0.05) is 35.9 Å². The lowest BCUT2D eigenvalue weighted by atomic mass is 9.88. The van der Waals surface area contributed by atoms with Crippen LogP contribution >= 0.6 is 0 Å². The first kappa shape index (κ1) is 24.3.